The highest BCUT2D eigenvalue weighted by atomic mass is 16.5. The molecule has 48 heavy (non-hydrogen) atoms. The Bertz CT molecular complexity index is 1640. The SMILES string of the molecule is COc1ccc(-c2ccccc2OC2CCN(CC3Cc4cccnc4C3)CC2)cc1OC1CCN(CC2Cc3ccccc3C2)CC1. The summed E-state index contributed by atoms with van der Waals surface area (Å²) in [5.74, 6) is 3.98. The van der Waals surface area contributed by atoms with E-state index in [1.807, 2.05) is 12.3 Å². The third kappa shape index (κ3) is 7.11. The Balaban J connectivity index is 0.856. The van der Waals surface area contributed by atoms with E-state index < -0.39 is 0 Å². The topological polar surface area (TPSA) is 47.1 Å². The van der Waals surface area contributed by atoms with E-state index in [-0.39, 0.29) is 12.2 Å². The maximum absolute atomic E-state index is 6.73. The molecule has 2 aliphatic carbocycles. The lowest BCUT2D eigenvalue weighted by Crippen LogP contribution is -2.40. The number of hydrogen-bond acceptors (Lipinski definition) is 6. The highest BCUT2D eigenvalue weighted by Gasteiger charge is 2.29. The van der Waals surface area contributed by atoms with E-state index in [1.165, 1.54) is 30.6 Å². The zero-order valence-electron chi connectivity index (χ0n) is 28.4. The Morgan fingerprint density at radius 3 is 1.85 bits per heavy atom. The van der Waals surface area contributed by atoms with Gasteiger partial charge in [0, 0.05) is 56.7 Å². The Kier molecular flexibility index (Phi) is 9.36. The predicted octanol–water partition coefficient (Wildman–Crippen LogP) is 7.27. The van der Waals surface area contributed by atoms with Gasteiger partial charge in [-0.2, -0.15) is 0 Å². The van der Waals surface area contributed by atoms with Crippen LogP contribution in [-0.4, -0.2) is 73.4 Å². The second-order valence-electron chi connectivity index (χ2n) is 14.5. The molecule has 0 saturated carbocycles. The van der Waals surface area contributed by atoms with Gasteiger partial charge in [-0.1, -0.05) is 54.6 Å². The van der Waals surface area contributed by atoms with E-state index in [9.17, 15) is 0 Å². The van der Waals surface area contributed by atoms with Gasteiger partial charge in [-0.05, 0) is 110 Å². The lowest BCUT2D eigenvalue weighted by molar-refractivity contribution is 0.0897. The van der Waals surface area contributed by atoms with Crippen molar-refractivity contribution in [3.8, 4) is 28.4 Å². The van der Waals surface area contributed by atoms with Crippen molar-refractivity contribution in [3.63, 3.8) is 0 Å². The number of rotatable bonds is 10. The third-order valence-corrected chi connectivity index (χ3v) is 11.2. The molecule has 3 aromatic carbocycles. The molecule has 4 aromatic rings. The molecule has 250 valence electrons. The first-order valence-electron chi connectivity index (χ1n) is 18.2. The molecule has 0 amide bonds. The second-order valence-corrected chi connectivity index (χ2v) is 14.5. The highest BCUT2D eigenvalue weighted by molar-refractivity contribution is 5.73. The first kappa shape index (κ1) is 31.4. The first-order valence-corrected chi connectivity index (χ1v) is 18.2. The van der Waals surface area contributed by atoms with Crippen LogP contribution in [0.2, 0.25) is 0 Å². The van der Waals surface area contributed by atoms with Gasteiger partial charge in [0.05, 0.1) is 7.11 Å². The molecule has 2 aliphatic heterocycles. The van der Waals surface area contributed by atoms with Crippen LogP contribution in [0.25, 0.3) is 11.1 Å². The van der Waals surface area contributed by atoms with E-state index in [0.717, 1.165) is 106 Å². The molecule has 6 heteroatoms. The number of para-hydroxylation sites is 1. The van der Waals surface area contributed by atoms with Crippen molar-refractivity contribution in [1.82, 2.24) is 14.8 Å². The number of hydrogen-bond donors (Lipinski definition) is 0. The van der Waals surface area contributed by atoms with E-state index in [4.69, 9.17) is 14.2 Å². The first-order chi connectivity index (χ1) is 23.7. The smallest absolute Gasteiger partial charge is 0.162 e. The van der Waals surface area contributed by atoms with Crippen LogP contribution >= 0.6 is 0 Å². The number of ether oxygens (including phenoxy) is 3. The molecule has 0 spiro atoms. The second kappa shape index (κ2) is 14.3. The van der Waals surface area contributed by atoms with Gasteiger partial charge in [0.15, 0.2) is 11.5 Å². The quantitative estimate of drug-likeness (QED) is 0.181. The van der Waals surface area contributed by atoms with E-state index in [1.54, 1.807) is 18.2 Å². The van der Waals surface area contributed by atoms with Gasteiger partial charge in [0.2, 0.25) is 0 Å². The fraction of sp³-hybridized carbons (Fsp3) is 0.452. The molecule has 0 radical (unpaired) electrons. The van der Waals surface area contributed by atoms with Gasteiger partial charge < -0.3 is 24.0 Å². The summed E-state index contributed by atoms with van der Waals surface area (Å²) in [4.78, 5) is 9.89. The van der Waals surface area contributed by atoms with Crippen molar-refractivity contribution in [2.45, 2.75) is 63.6 Å². The summed E-state index contributed by atoms with van der Waals surface area (Å²) in [7, 11) is 1.73. The third-order valence-electron chi connectivity index (χ3n) is 11.2. The van der Waals surface area contributed by atoms with Crippen LogP contribution in [0.5, 0.6) is 17.2 Å². The van der Waals surface area contributed by atoms with Gasteiger partial charge in [-0.3, -0.25) is 4.98 Å². The molecule has 3 heterocycles. The molecular formula is C42H49N3O3. The Hall–Kier alpha value is -3.87. The lowest BCUT2D eigenvalue weighted by Gasteiger charge is -2.34. The van der Waals surface area contributed by atoms with Crippen molar-refractivity contribution in [2.24, 2.45) is 11.8 Å². The number of methoxy groups -OCH3 is 1. The lowest BCUT2D eigenvalue weighted by atomic mass is 10.0. The number of pyridine rings is 1. The molecule has 8 rings (SSSR count). The Labute approximate surface area is 286 Å². The largest absolute Gasteiger partial charge is 0.493 e. The van der Waals surface area contributed by atoms with Crippen LogP contribution in [0.1, 0.15) is 48.1 Å². The fourth-order valence-electron chi connectivity index (χ4n) is 8.66. The summed E-state index contributed by atoms with van der Waals surface area (Å²) in [6.45, 7) is 6.67. The molecule has 2 fully saturated rings. The van der Waals surface area contributed by atoms with Crippen LogP contribution in [0.3, 0.4) is 0 Å². The van der Waals surface area contributed by atoms with E-state index in [0.29, 0.717) is 5.92 Å². The van der Waals surface area contributed by atoms with Crippen molar-refractivity contribution in [2.75, 3.05) is 46.4 Å². The summed E-state index contributed by atoms with van der Waals surface area (Å²) in [6, 6.07) is 28.1. The molecule has 1 unspecified atom stereocenters. The van der Waals surface area contributed by atoms with Crippen LogP contribution in [0.15, 0.2) is 85.1 Å². The van der Waals surface area contributed by atoms with Crippen LogP contribution in [0, 0.1) is 11.8 Å². The zero-order valence-corrected chi connectivity index (χ0v) is 28.4. The molecule has 1 atom stereocenters. The minimum Gasteiger partial charge on any atom is -0.493 e. The van der Waals surface area contributed by atoms with Crippen molar-refractivity contribution in [1.29, 1.82) is 0 Å². The molecule has 0 N–H and O–H groups in total. The highest BCUT2D eigenvalue weighted by Crippen LogP contribution is 2.39. The van der Waals surface area contributed by atoms with Crippen molar-refractivity contribution < 1.29 is 14.2 Å². The maximum atomic E-state index is 6.73. The number of benzene rings is 3. The van der Waals surface area contributed by atoms with Crippen molar-refractivity contribution in [3.05, 3.63) is 107 Å². The normalized spacial score (nSPS) is 20.8. The maximum Gasteiger partial charge on any atom is 0.162 e. The summed E-state index contributed by atoms with van der Waals surface area (Å²) in [5, 5.41) is 0. The molecule has 6 nitrogen and oxygen atoms in total. The van der Waals surface area contributed by atoms with E-state index in [2.05, 4.69) is 87.6 Å². The Morgan fingerprint density at radius 2 is 1.19 bits per heavy atom. The summed E-state index contributed by atoms with van der Waals surface area (Å²) in [5.41, 5.74) is 8.05. The summed E-state index contributed by atoms with van der Waals surface area (Å²) >= 11 is 0. The standard InChI is InChI=1S/C42H49N3O3/c1-46-41-13-12-34(27-42(41)48-37-16-21-44(22-17-37)28-30-23-32-7-2-3-8-33(32)24-30)38-10-4-5-11-40(38)47-36-14-19-45(20-15-36)29-31-25-35-9-6-18-43-39(35)26-31/h2-13,18,27,30-31,36-37H,14-17,19-26,28-29H2,1H3. The molecule has 4 aliphatic rings. The molecule has 2 saturated heterocycles. The molecule has 0 bridgehead atoms. The number of nitrogens with zero attached hydrogens (tertiary/aromatic N) is 3. The van der Waals surface area contributed by atoms with Gasteiger partial charge in [-0.25, -0.2) is 0 Å². The average Bonchev–Trinajstić information content (AvgIpc) is 3.73. The van der Waals surface area contributed by atoms with Gasteiger partial charge >= 0.3 is 0 Å². The van der Waals surface area contributed by atoms with Gasteiger partial charge in [0.25, 0.3) is 0 Å². The van der Waals surface area contributed by atoms with Crippen LogP contribution < -0.4 is 14.2 Å². The summed E-state index contributed by atoms with van der Waals surface area (Å²) in [6.07, 6.45) is 11.2. The van der Waals surface area contributed by atoms with Crippen molar-refractivity contribution >= 4 is 0 Å². The Morgan fingerprint density at radius 1 is 0.604 bits per heavy atom. The summed E-state index contributed by atoms with van der Waals surface area (Å²) < 4.78 is 19.2. The number of aromatic nitrogens is 1. The number of likely N-dealkylation sites (tertiary alicyclic amines) is 2. The number of fused-ring (bicyclic) bond motifs is 2. The van der Waals surface area contributed by atoms with Crippen LogP contribution in [-0.2, 0) is 25.7 Å². The minimum absolute atomic E-state index is 0.192. The molecule has 1 aromatic heterocycles. The zero-order chi connectivity index (χ0) is 32.3. The number of piperidine rings is 2. The van der Waals surface area contributed by atoms with Crippen LogP contribution in [0.4, 0.5) is 0 Å². The van der Waals surface area contributed by atoms with E-state index >= 15 is 0 Å². The van der Waals surface area contributed by atoms with Gasteiger partial charge in [-0.15, -0.1) is 0 Å². The average molecular weight is 644 g/mol. The predicted molar refractivity (Wildman–Crippen MR) is 191 cm³/mol. The fourth-order valence-corrected chi connectivity index (χ4v) is 8.66. The monoisotopic (exact) mass is 643 g/mol. The van der Waals surface area contributed by atoms with Gasteiger partial charge in [0.1, 0.15) is 18.0 Å². The molecular weight excluding hydrogens is 594 g/mol. The minimum atomic E-state index is 0.192.